The molecule has 1 amide bonds. The van der Waals surface area contributed by atoms with Crippen LogP contribution in [0.5, 0.6) is 0 Å². The first kappa shape index (κ1) is 13.8. The van der Waals surface area contributed by atoms with Crippen molar-refractivity contribution < 1.29 is 9.53 Å². The van der Waals surface area contributed by atoms with E-state index in [9.17, 15) is 4.79 Å². The Morgan fingerprint density at radius 2 is 2.05 bits per heavy atom. The maximum atomic E-state index is 12.6. The Balaban J connectivity index is 1.90. The molecule has 3 rings (SSSR count). The van der Waals surface area contributed by atoms with Gasteiger partial charge in [-0.05, 0) is 24.3 Å². The van der Waals surface area contributed by atoms with Crippen molar-refractivity contribution in [3.05, 3.63) is 36.0 Å². The third kappa shape index (κ3) is 2.69. The molecule has 1 aromatic heterocycles. The maximum absolute atomic E-state index is 12.6. The van der Waals surface area contributed by atoms with Crippen molar-refractivity contribution in [3.63, 3.8) is 0 Å². The number of hydrogen-bond acceptors (Lipinski definition) is 4. The number of nitrogens with zero attached hydrogens (tertiary/aromatic N) is 2. The third-order valence-electron chi connectivity index (χ3n) is 4.05. The average Bonchev–Trinajstić information content (AvgIpc) is 2.54. The molecule has 1 fully saturated rings. The van der Waals surface area contributed by atoms with Gasteiger partial charge in [0.1, 0.15) is 11.5 Å². The smallest absolute Gasteiger partial charge is 0.272 e. The molecule has 0 unspecified atom stereocenters. The van der Waals surface area contributed by atoms with Crippen LogP contribution in [0.1, 0.15) is 23.3 Å². The lowest BCUT2D eigenvalue weighted by Crippen LogP contribution is -2.41. The van der Waals surface area contributed by atoms with Crippen molar-refractivity contribution in [2.45, 2.75) is 18.9 Å². The van der Waals surface area contributed by atoms with Gasteiger partial charge in [0.15, 0.2) is 0 Å². The van der Waals surface area contributed by atoms with E-state index in [1.54, 1.807) is 4.90 Å². The maximum Gasteiger partial charge on any atom is 0.272 e. The lowest BCUT2D eigenvalue weighted by Gasteiger charge is -2.31. The number of aromatic nitrogens is 1. The van der Waals surface area contributed by atoms with Crippen LogP contribution in [0.15, 0.2) is 30.3 Å². The number of amides is 1. The zero-order valence-electron chi connectivity index (χ0n) is 12.1. The molecule has 2 heterocycles. The molecule has 1 aromatic carbocycles. The summed E-state index contributed by atoms with van der Waals surface area (Å²) in [6.45, 7) is 1.41. The van der Waals surface area contributed by atoms with Crippen LogP contribution in [0.2, 0.25) is 0 Å². The summed E-state index contributed by atoms with van der Waals surface area (Å²) < 4.78 is 5.34. The minimum atomic E-state index is -0.0839. The van der Waals surface area contributed by atoms with Crippen LogP contribution in [-0.2, 0) is 4.74 Å². The number of nitrogens with two attached hydrogens (primary N) is 1. The van der Waals surface area contributed by atoms with Crippen LogP contribution in [0.4, 0.5) is 5.82 Å². The number of fused-ring (bicyclic) bond motifs is 1. The topological polar surface area (TPSA) is 68.5 Å². The molecule has 2 N–H and O–H groups in total. The van der Waals surface area contributed by atoms with E-state index < -0.39 is 0 Å². The Bertz CT molecular complexity index is 666. The van der Waals surface area contributed by atoms with Gasteiger partial charge in [-0.15, -0.1) is 0 Å². The number of benzene rings is 1. The molecule has 0 bridgehead atoms. The highest BCUT2D eigenvalue weighted by molar-refractivity contribution is 5.99. The lowest BCUT2D eigenvalue weighted by molar-refractivity contribution is 0.0359. The summed E-state index contributed by atoms with van der Waals surface area (Å²) in [6, 6.07) is 9.71. The molecular formula is C16H19N3O2. The first-order valence-corrected chi connectivity index (χ1v) is 7.17. The number of carbonyl (C=O) groups is 1. The Labute approximate surface area is 123 Å². The molecule has 1 aliphatic heterocycles. The van der Waals surface area contributed by atoms with Gasteiger partial charge in [0.2, 0.25) is 0 Å². The standard InChI is InChI=1S/C16H19N3O2/c1-19(12-6-8-21-9-7-12)16(20)14-10-11-4-2-3-5-13(11)15(17)18-14/h2-5,10,12H,6-9H2,1H3,(H2,17,18). The Kier molecular flexibility index (Phi) is 3.75. The average molecular weight is 285 g/mol. The molecule has 1 saturated heterocycles. The molecule has 0 atom stereocenters. The van der Waals surface area contributed by atoms with Crippen molar-refractivity contribution in [2.24, 2.45) is 0 Å². The van der Waals surface area contributed by atoms with Gasteiger partial charge in [0.25, 0.3) is 5.91 Å². The predicted molar refractivity (Wildman–Crippen MR) is 82.1 cm³/mol. The van der Waals surface area contributed by atoms with Crippen molar-refractivity contribution in [1.82, 2.24) is 9.88 Å². The quantitative estimate of drug-likeness (QED) is 0.917. The largest absolute Gasteiger partial charge is 0.383 e. The van der Waals surface area contributed by atoms with Gasteiger partial charge in [0, 0.05) is 31.7 Å². The summed E-state index contributed by atoms with van der Waals surface area (Å²) in [7, 11) is 1.82. The van der Waals surface area contributed by atoms with E-state index in [4.69, 9.17) is 10.5 Å². The Hall–Kier alpha value is -2.14. The lowest BCUT2D eigenvalue weighted by atomic mass is 10.1. The molecule has 0 spiro atoms. The van der Waals surface area contributed by atoms with Crippen LogP contribution < -0.4 is 5.73 Å². The number of hydrogen-bond donors (Lipinski definition) is 1. The van der Waals surface area contributed by atoms with Gasteiger partial charge in [-0.25, -0.2) is 4.98 Å². The molecule has 0 saturated carbocycles. The summed E-state index contributed by atoms with van der Waals surface area (Å²) in [5, 5.41) is 1.82. The van der Waals surface area contributed by atoms with Gasteiger partial charge in [-0.3, -0.25) is 4.79 Å². The number of anilines is 1. The second kappa shape index (κ2) is 5.69. The number of pyridine rings is 1. The van der Waals surface area contributed by atoms with Crippen molar-refractivity contribution in [3.8, 4) is 0 Å². The molecule has 21 heavy (non-hydrogen) atoms. The number of carbonyl (C=O) groups excluding carboxylic acids is 1. The fourth-order valence-electron chi connectivity index (χ4n) is 2.75. The van der Waals surface area contributed by atoms with Gasteiger partial charge in [0.05, 0.1) is 0 Å². The molecule has 0 aliphatic carbocycles. The number of rotatable bonds is 2. The fraction of sp³-hybridized carbons (Fsp3) is 0.375. The molecule has 1 aliphatic rings. The van der Waals surface area contributed by atoms with Crippen LogP contribution in [0.3, 0.4) is 0 Å². The zero-order chi connectivity index (χ0) is 14.8. The van der Waals surface area contributed by atoms with E-state index in [1.165, 1.54) is 0 Å². The van der Waals surface area contributed by atoms with Gasteiger partial charge in [-0.1, -0.05) is 24.3 Å². The van der Waals surface area contributed by atoms with Gasteiger partial charge < -0.3 is 15.4 Å². The van der Waals surface area contributed by atoms with E-state index in [0.29, 0.717) is 24.7 Å². The summed E-state index contributed by atoms with van der Waals surface area (Å²) in [5.74, 6) is 0.316. The van der Waals surface area contributed by atoms with Gasteiger partial charge >= 0.3 is 0 Å². The van der Waals surface area contributed by atoms with Crippen LogP contribution in [0.25, 0.3) is 10.8 Å². The SMILES string of the molecule is CN(C(=O)c1cc2ccccc2c(N)n1)C1CCOCC1. The first-order valence-electron chi connectivity index (χ1n) is 7.17. The minimum absolute atomic E-state index is 0.0839. The van der Waals surface area contributed by atoms with Crippen molar-refractivity contribution >= 4 is 22.5 Å². The predicted octanol–water partition coefficient (Wildman–Crippen LogP) is 2.07. The molecule has 5 nitrogen and oxygen atoms in total. The molecule has 0 radical (unpaired) electrons. The summed E-state index contributed by atoms with van der Waals surface area (Å²) >= 11 is 0. The normalized spacial score (nSPS) is 16.0. The van der Waals surface area contributed by atoms with Crippen LogP contribution >= 0.6 is 0 Å². The van der Waals surface area contributed by atoms with Crippen molar-refractivity contribution in [2.75, 3.05) is 26.0 Å². The van der Waals surface area contributed by atoms with E-state index in [1.807, 2.05) is 37.4 Å². The van der Waals surface area contributed by atoms with Crippen LogP contribution in [0, 0.1) is 0 Å². The highest BCUT2D eigenvalue weighted by Crippen LogP contribution is 2.22. The molecular weight excluding hydrogens is 266 g/mol. The van der Waals surface area contributed by atoms with E-state index in [-0.39, 0.29) is 11.9 Å². The van der Waals surface area contributed by atoms with Crippen LogP contribution in [-0.4, -0.2) is 42.1 Å². The second-order valence-electron chi connectivity index (χ2n) is 5.37. The molecule has 2 aromatic rings. The summed E-state index contributed by atoms with van der Waals surface area (Å²) in [6.07, 6.45) is 1.73. The fourth-order valence-corrected chi connectivity index (χ4v) is 2.75. The van der Waals surface area contributed by atoms with Gasteiger partial charge in [-0.2, -0.15) is 0 Å². The molecule has 110 valence electrons. The minimum Gasteiger partial charge on any atom is -0.383 e. The second-order valence-corrected chi connectivity index (χ2v) is 5.37. The van der Waals surface area contributed by atoms with E-state index >= 15 is 0 Å². The highest BCUT2D eigenvalue weighted by Gasteiger charge is 2.24. The summed E-state index contributed by atoms with van der Waals surface area (Å²) in [5.41, 5.74) is 6.37. The first-order chi connectivity index (χ1) is 10.2. The molecule has 5 heteroatoms. The Morgan fingerprint density at radius 3 is 2.81 bits per heavy atom. The zero-order valence-corrected chi connectivity index (χ0v) is 12.1. The monoisotopic (exact) mass is 285 g/mol. The summed E-state index contributed by atoms with van der Waals surface area (Å²) in [4.78, 5) is 18.6. The Morgan fingerprint density at radius 1 is 1.33 bits per heavy atom. The van der Waals surface area contributed by atoms with Crippen molar-refractivity contribution in [1.29, 1.82) is 0 Å². The highest BCUT2D eigenvalue weighted by atomic mass is 16.5. The van der Waals surface area contributed by atoms with E-state index in [2.05, 4.69) is 4.98 Å². The number of ether oxygens (including phenoxy) is 1. The number of nitrogen functional groups attached to an aromatic ring is 1. The van der Waals surface area contributed by atoms with E-state index in [0.717, 1.165) is 23.6 Å². The third-order valence-corrected chi connectivity index (χ3v) is 4.05.